The van der Waals surface area contributed by atoms with Crippen molar-refractivity contribution in [2.45, 2.75) is 39.7 Å². The lowest BCUT2D eigenvalue weighted by molar-refractivity contribution is 0.0117. The molecule has 1 aromatic heterocycles. The van der Waals surface area contributed by atoms with Gasteiger partial charge in [0.05, 0.1) is 0 Å². The Bertz CT molecular complexity index is 645. The quantitative estimate of drug-likeness (QED) is 0.702. The Hall–Kier alpha value is -1.50. The van der Waals surface area contributed by atoms with Crippen molar-refractivity contribution in [1.82, 2.24) is 9.88 Å². The predicted octanol–water partition coefficient (Wildman–Crippen LogP) is 4.06. The van der Waals surface area contributed by atoms with Gasteiger partial charge in [-0.15, -0.1) is 0 Å². The molecule has 132 valence electrons. The maximum Gasteiger partial charge on any atom is 0.410 e. The molecule has 1 aliphatic rings. The van der Waals surface area contributed by atoms with Crippen LogP contribution in [-0.2, 0) is 4.74 Å². The van der Waals surface area contributed by atoms with Gasteiger partial charge in [-0.25, -0.2) is 14.2 Å². The number of carbonyl (C=O) groups is 2. The van der Waals surface area contributed by atoms with Gasteiger partial charge in [0.15, 0.2) is 11.6 Å². The van der Waals surface area contributed by atoms with Gasteiger partial charge in [0.2, 0.25) is 0 Å². The fraction of sp³-hybridized carbons (Fsp3) is 0.588. The van der Waals surface area contributed by atoms with Crippen LogP contribution in [0.25, 0.3) is 0 Å². The van der Waals surface area contributed by atoms with Crippen LogP contribution < -0.4 is 0 Å². The molecule has 1 fully saturated rings. The van der Waals surface area contributed by atoms with E-state index < -0.39 is 11.4 Å². The molecular formula is C17H22BrFN2O3. The van der Waals surface area contributed by atoms with Crippen LogP contribution in [0.15, 0.2) is 16.7 Å². The van der Waals surface area contributed by atoms with Crippen molar-refractivity contribution in [3.63, 3.8) is 0 Å². The van der Waals surface area contributed by atoms with Crippen LogP contribution in [-0.4, -0.2) is 40.5 Å². The normalized spacial score (nSPS) is 21.5. The Balaban J connectivity index is 2.05. The fourth-order valence-corrected chi connectivity index (χ4v) is 3.10. The van der Waals surface area contributed by atoms with Crippen LogP contribution >= 0.6 is 15.9 Å². The molecular weight excluding hydrogens is 379 g/mol. The lowest BCUT2D eigenvalue weighted by atomic mass is 9.82. The second kappa shape index (κ2) is 7.17. The summed E-state index contributed by atoms with van der Waals surface area (Å²) >= 11 is 3.13. The van der Waals surface area contributed by atoms with E-state index in [2.05, 4.69) is 20.9 Å². The van der Waals surface area contributed by atoms with Crippen LogP contribution in [0, 0.1) is 17.7 Å². The van der Waals surface area contributed by atoms with E-state index in [0.717, 1.165) is 0 Å². The average Bonchev–Trinajstić information content (AvgIpc) is 2.44. The standard InChI is InChI=1S/C17H22BrFN2O3/c1-10-9-21(16(23)24-17(2,3)4)6-5-12(10)15(22)14-13(19)7-11(18)8-20-14/h7-8,10,12H,5-6,9H2,1-4H3. The zero-order valence-corrected chi connectivity index (χ0v) is 15.9. The molecule has 0 N–H and O–H groups in total. The number of hydrogen-bond acceptors (Lipinski definition) is 4. The van der Waals surface area contributed by atoms with Crippen molar-refractivity contribution in [2.75, 3.05) is 13.1 Å². The monoisotopic (exact) mass is 400 g/mol. The topological polar surface area (TPSA) is 59.5 Å². The first-order valence-corrected chi connectivity index (χ1v) is 8.71. The third kappa shape index (κ3) is 4.53. The van der Waals surface area contributed by atoms with Crippen molar-refractivity contribution in [3.8, 4) is 0 Å². The van der Waals surface area contributed by atoms with Crippen LogP contribution in [0.2, 0.25) is 0 Å². The summed E-state index contributed by atoms with van der Waals surface area (Å²) < 4.78 is 19.8. The van der Waals surface area contributed by atoms with Crippen molar-refractivity contribution in [1.29, 1.82) is 0 Å². The molecule has 1 aromatic rings. The number of pyridine rings is 1. The number of halogens is 2. The zero-order chi connectivity index (χ0) is 18.1. The number of rotatable bonds is 2. The third-order valence-electron chi connectivity index (χ3n) is 3.93. The van der Waals surface area contributed by atoms with E-state index in [1.54, 1.807) is 4.90 Å². The first kappa shape index (κ1) is 18.8. The molecule has 2 atom stereocenters. The Kier molecular flexibility index (Phi) is 5.63. The minimum absolute atomic E-state index is 0.0939. The number of ketones is 1. The molecule has 2 unspecified atom stereocenters. The van der Waals surface area contributed by atoms with E-state index in [-0.39, 0.29) is 29.4 Å². The maximum absolute atomic E-state index is 14.0. The molecule has 0 bridgehead atoms. The van der Waals surface area contributed by atoms with Crippen molar-refractivity contribution in [3.05, 3.63) is 28.2 Å². The Morgan fingerprint density at radius 3 is 2.62 bits per heavy atom. The molecule has 2 heterocycles. The highest BCUT2D eigenvalue weighted by molar-refractivity contribution is 9.10. The lowest BCUT2D eigenvalue weighted by Gasteiger charge is -2.36. The molecule has 0 aromatic carbocycles. The molecule has 0 aliphatic carbocycles. The number of ether oxygens (including phenoxy) is 1. The second-order valence-electron chi connectivity index (χ2n) is 7.15. The summed E-state index contributed by atoms with van der Waals surface area (Å²) in [5.74, 6) is -1.39. The number of aromatic nitrogens is 1. The first-order valence-electron chi connectivity index (χ1n) is 7.91. The number of amides is 1. The molecule has 5 nitrogen and oxygen atoms in total. The Morgan fingerprint density at radius 2 is 2.08 bits per heavy atom. The molecule has 24 heavy (non-hydrogen) atoms. The molecule has 1 saturated heterocycles. The first-order chi connectivity index (χ1) is 11.1. The van der Waals surface area contributed by atoms with E-state index >= 15 is 0 Å². The Labute approximate surface area is 149 Å². The summed E-state index contributed by atoms with van der Waals surface area (Å²) in [5.41, 5.74) is -0.696. The van der Waals surface area contributed by atoms with E-state index in [0.29, 0.717) is 24.0 Å². The minimum atomic E-state index is -0.629. The smallest absolute Gasteiger partial charge is 0.410 e. The van der Waals surface area contributed by atoms with Gasteiger partial charge in [-0.05, 0) is 55.1 Å². The third-order valence-corrected chi connectivity index (χ3v) is 4.37. The number of piperidine rings is 1. The summed E-state index contributed by atoms with van der Waals surface area (Å²) in [6.45, 7) is 8.14. The van der Waals surface area contributed by atoms with Crippen LogP contribution in [0.5, 0.6) is 0 Å². The number of Topliss-reactive ketones (excluding diaryl/α,β-unsaturated/α-hetero) is 1. The SMILES string of the molecule is CC1CN(C(=O)OC(C)(C)C)CCC1C(=O)c1ncc(Br)cc1F. The summed E-state index contributed by atoms with van der Waals surface area (Å²) in [7, 11) is 0. The highest BCUT2D eigenvalue weighted by Crippen LogP contribution is 2.28. The largest absolute Gasteiger partial charge is 0.444 e. The van der Waals surface area contributed by atoms with Crippen molar-refractivity contribution >= 4 is 27.8 Å². The average molecular weight is 401 g/mol. The van der Waals surface area contributed by atoms with Gasteiger partial charge in [-0.1, -0.05) is 6.92 Å². The lowest BCUT2D eigenvalue weighted by Crippen LogP contribution is -2.47. The van der Waals surface area contributed by atoms with Gasteiger partial charge in [-0.2, -0.15) is 0 Å². The highest BCUT2D eigenvalue weighted by Gasteiger charge is 2.36. The van der Waals surface area contributed by atoms with E-state index in [1.165, 1.54) is 12.3 Å². The molecule has 0 saturated carbocycles. The van der Waals surface area contributed by atoms with Gasteiger partial charge in [0, 0.05) is 29.7 Å². The molecule has 2 rings (SSSR count). The predicted molar refractivity (Wildman–Crippen MR) is 91.3 cm³/mol. The van der Waals surface area contributed by atoms with E-state index in [4.69, 9.17) is 4.74 Å². The summed E-state index contributed by atoms with van der Waals surface area (Å²) in [6.07, 6.45) is 1.50. The fourth-order valence-electron chi connectivity index (χ4n) is 2.80. The number of likely N-dealkylation sites (tertiary alicyclic amines) is 1. The van der Waals surface area contributed by atoms with Crippen LogP contribution in [0.1, 0.15) is 44.6 Å². The van der Waals surface area contributed by atoms with Gasteiger partial charge in [0.25, 0.3) is 0 Å². The van der Waals surface area contributed by atoms with Gasteiger partial charge >= 0.3 is 6.09 Å². The Morgan fingerprint density at radius 1 is 1.42 bits per heavy atom. The molecule has 0 spiro atoms. The maximum atomic E-state index is 14.0. The van der Waals surface area contributed by atoms with Gasteiger partial charge < -0.3 is 9.64 Å². The number of hydrogen-bond donors (Lipinski definition) is 0. The second-order valence-corrected chi connectivity index (χ2v) is 8.06. The van der Waals surface area contributed by atoms with Crippen molar-refractivity contribution in [2.24, 2.45) is 11.8 Å². The number of carbonyl (C=O) groups excluding carboxylic acids is 2. The molecule has 0 radical (unpaired) electrons. The zero-order valence-electron chi connectivity index (χ0n) is 14.3. The summed E-state index contributed by atoms with van der Waals surface area (Å²) in [5, 5.41) is 0. The number of nitrogens with zero attached hydrogens (tertiary/aromatic N) is 2. The summed E-state index contributed by atoms with van der Waals surface area (Å²) in [4.78, 5) is 30.2. The van der Waals surface area contributed by atoms with Crippen LogP contribution in [0.3, 0.4) is 0 Å². The van der Waals surface area contributed by atoms with Gasteiger partial charge in [-0.3, -0.25) is 4.79 Å². The minimum Gasteiger partial charge on any atom is -0.444 e. The molecule has 1 amide bonds. The van der Waals surface area contributed by atoms with E-state index in [9.17, 15) is 14.0 Å². The molecule has 7 heteroatoms. The molecule has 1 aliphatic heterocycles. The highest BCUT2D eigenvalue weighted by atomic mass is 79.9. The van der Waals surface area contributed by atoms with Crippen molar-refractivity contribution < 1.29 is 18.7 Å². The van der Waals surface area contributed by atoms with E-state index in [1.807, 2.05) is 27.7 Å². The van der Waals surface area contributed by atoms with Gasteiger partial charge in [0.1, 0.15) is 11.3 Å². The summed E-state index contributed by atoms with van der Waals surface area (Å²) in [6, 6.07) is 1.24. The van der Waals surface area contributed by atoms with Crippen LogP contribution in [0.4, 0.5) is 9.18 Å².